The third-order valence-electron chi connectivity index (χ3n) is 9.64. The number of unbranched alkanes of at least 4 members (excludes halogenated alkanes) is 1. The van der Waals surface area contributed by atoms with E-state index in [0.29, 0.717) is 18.5 Å². The predicted octanol–water partition coefficient (Wildman–Crippen LogP) is 8.12. The highest BCUT2D eigenvalue weighted by Gasteiger charge is 2.50. The van der Waals surface area contributed by atoms with Crippen molar-refractivity contribution in [2.24, 2.45) is 11.8 Å². The van der Waals surface area contributed by atoms with Gasteiger partial charge in [-0.1, -0.05) is 130 Å². The van der Waals surface area contributed by atoms with E-state index in [1.54, 1.807) is 0 Å². The zero-order valence-electron chi connectivity index (χ0n) is 28.3. The van der Waals surface area contributed by atoms with E-state index in [9.17, 15) is 4.79 Å². The Morgan fingerprint density at radius 2 is 1.43 bits per heavy atom. The maximum absolute atomic E-state index is 13.0. The van der Waals surface area contributed by atoms with Crippen LogP contribution in [-0.4, -0.2) is 45.1 Å². The fourth-order valence-electron chi connectivity index (χ4n) is 7.39. The zero-order chi connectivity index (χ0) is 32.7. The molecule has 0 unspecified atom stereocenters. The van der Waals surface area contributed by atoms with Crippen LogP contribution in [0.4, 0.5) is 0 Å². The number of methoxy groups -OCH3 is 1. The highest BCUT2D eigenvalue weighted by Crippen LogP contribution is 2.51. The molecule has 3 aromatic carbocycles. The first-order valence-electron chi connectivity index (χ1n) is 16.7. The Morgan fingerprint density at radius 3 is 2.00 bits per heavy atom. The van der Waals surface area contributed by atoms with Crippen LogP contribution in [0.2, 0.25) is 5.04 Å². The molecule has 0 saturated heterocycles. The average Bonchev–Trinajstić information content (AvgIpc) is 3.38. The molecule has 2 aliphatic rings. The summed E-state index contributed by atoms with van der Waals surface area (Å²) in [6, 6.07) is 32.1. The molecule has 0 bridgehead atoms. The monoisotopic (exact) mass is 654 g/mol. The van der Waals surface area contributed by atoms with Gasteiger partial charge in [0.1, 0.15) is 0 Å². The van der Waals surface area contributed by atoms with Gasteiger partial charge in [0.05, 0.1) is 26.2 Å². The van der Waals surface area contributed by atoms with Crippen molar-refractivity contribution < 1.29 is 18.7 Å². The Kier molecular flexibility index (Phi) is 11.5. The van der Waals surface area contributed by atoms with E-state index in [1.165, 1.54) is 39.8 Å². The Hall–Kier alpha value is -2.90. The van der Waals surface area contributed by atoms with Crippen LogP contribution in [0.25, 0.3) is 0 Å². The molecule has 4 nitrogen and oxygen atoms in total. The summed E-state index contributed by atoms with van der Waals surface area (Å²) in [6.07, 6.45) is 5.37. The number of esters is 1. The largest absolute Gasteiger partial charge is 0.469 e. The predicted molar refractivity (Wildman–Crippen MR) is 194 cm³/mol. The molecule has 5 rings (SSSR count). The summed E-state index contributed by atoms with van der Waals surface area (Å²) in [4.78, 5) is 13.0. The van der Waals surface area contributed by atoms with Crippen LogP contribution < -0.4 is 10.4 Å². The minimum atomic E-state index is -2.54. The van der Waals surface area contributed by atoms with Crippen LogP contribution >= 0.6 is 11.8 Å². The number of ether oxygens (including phenoxy) is 2. The number of allylic oxidation sites excluding steroid dienone is 1. The molecule has 1 heterocycles. The van der Waals surface area contributed by atoms with E-state index < -0.39 is 8.32 Å². The van der Waals surface area contributed by atoms with E-state index in [1.807, 2.05) is 30.0 Å². The van der Waals surface area contributed by atoms with Crippen molar-refractivity contribution in [2.45, 2.75) is 76.0 Å². The molecule has 0 amide bonds. The zero-order valence-corrected chi connectivity index (χ0v) is 30.1. The molecule has 1 aliphatic carbocycles. The first-order valence-corrected chi connectivity index (χ1v) is 19.5. The number of hydrogen-bond acceptors (Lipinski definition) is 5. The summed E-state index contributed by atoms with van der Waals surface area (Å²) in [5, 5.41) is 3.07. The quantitative estimate of drug-likeness (QED) is 0.106. The van der Waals surface area contributed by atoms with Crippen LogP contribution in [-0.2, 0) is 25.3 Å². The standard InChI is InChI=1S/C40H50O4SSi/c1-29-26-32(28-43-27-31-18-10-7-11-19-31)37-30(2)35(45-38(37)36(29)39(41)42-6)24-16-17-25-44-46(40(3,4)5,33-20-12-8-13-21-33)34-22-14-9-15-23-34/h7-15,18-23,26,29,35-36,38H,16-17,24-25,27-28H2,1-6H3/t29-,35-,36-,38+/m0/s1. The van der Waals surface area contributed by atoms with Gasteiger partial charge in [0, 0.05) is 17.1 Å². The first kappa shape index (κ1) is 34.4. The lowest BCUT2D eigenvalue weighted by Crippen LogP contribution is -2.66. The van der Waals surface area contributed by atoms with Crippen LogP contribution in [0, 0.1) is 11.8 Å². The molecule has 0 saturated carbocycles. The maximum Gasteiger partial charge on any atom is 0.310 e. The maximum atomic E-state index is 13.0. The Labute approximate surface area is 281 Å². The molecule has 4 atom stereocenters. The van der Waals surface area contributed by atoms with Crippen LogP contribution in [0.3, 0.4) is 0 Å². The molecule has 1 aliphatic heterocycles. The molecule has 3 aromatic rings. The highest BCUT2D eigenvalue weighted by atomic mass is 32.2. The average molecular weight is 655 g/mol. The summed E-state index contributed by atoms with van der Waals surface area (Å²) >= 11 is 1.95. The van der Waals surface area contributed by atoms with Crippen LogP contribution in [0.15, 0.2) is 114 Å². The second-order valence-electron chi connectivity index (χ2n) is 13.7. The lowest BCUT2D eigenvalue weighted by molar-refractivity contribution is -0.146. The van der Waals surface area contributed by atoms with Crippen LogP contribution in [0.5, 0.6) is 0 Å². The van der Waals surface area contributed by atoms with E-state index in [2.05, 4.69) is 113 Å². The Balaban J connectivity index is 1.28. The topological polar surface area (TPSA) is 44.8 Å². The third kappa shape index (κ3) is 7.31. The summed E-state index contributed by atoms with van der Waals surface area (Å²) in [6.45, 7) is 13.3. The smallest absolute Gasteiger partial charge is 0.310 e. The van der Waals surface area contributed by atoms with Gasteiger partial charge in [0.25, 0.3) is 8.32 Å². The lowest BCUT2D eigenvalue weighted by Gasteiger charge is -2.43. The second kappa shape index (κ2) is 15.3. The summed E-state index contributed by atoms with van der Waals surface area (Å²) in [5.41, 5.74) is 5.09. The van der Waals surface area contributed by atoms with E-state index in [-0.39, 0.29) is 28.1 Å². The fraction of sp³-hybridized carbons (Fsp3) is 0.425. The number of fused-ring (bicyclic) bond motifs is 1. The number of carbonyl (C=O) groups is 1. The SMILES string of the molecule is COC(=O)[C@H]1[C@@H](C)C=C(COCc2ccccc2)C2=C(C)[C@H](CCCCO[Si](c3ccccc3)(c3ccccc3)C(C)(C)C)S[C@@H]21. The number of hydrogen-bond donors (Lipinski definition) is 0. The fourth-order valence-corrected chi connectivity index (χ4v) is 14.0. The number of benzene rings is 3. The summed E-state index contributed by atoms with van der Waals surface area (Å²) < 4.78 is 18.7. The van der Waals surface area contributed by atoms with Crippen molar-refractivity contribution in [2.75, 3.05) is 20.3 Å². The van der Waals surface area contributed by atoms with Gasteiger partial charge in [-0.25, -0.2) is 0 Å². The molecule has 244 valence electrons. The van der Waals surface area contributed by atoms with Crippen molar-refractivity contribution in [1.82, 2.24) is 0 Å². The van der Waals surface area contributed by atoms with Gasteiger partial charge in [-0.3, -0.25) is 4.79 Å². The minimum absolute atomic E-state index is 0.0291. The van der Waals surface area contributed by atoms with Gasteiger partial charge in [0.15, 0.2) is 0 Å². The summed E-state index contributed by atoms with van der Waals surface area (Å²) in [5.74, 6) is -0.202. The van der Waals surface area contributed by atoms with Crippen molar-refractivity contribution in [3.63, 3.8) is 0 Å². The first-order chi connectivity index (χ1) is 22.2. The number of carbonyl (C=O) groups excluding carboxylic acids is 1. The van der Waals surface area contributed by atoms with Crippen molar-refractivity contribution >= 4 is 36.4 Å². The number of thioether (sulfide) groups is 1. The molecule has 0 spiro atoms. The molecule has 0 radical (unpaired) electrons. The summed E-state index contributed by atoms with van der Waals surface area (Å²) in [7, 11) is -1.03. The van der Waals surface area contributed by atoms with Crippen LogP contribution in [0.1, 0.15) is 59.4 Å². The normalized spacial score (nSPS) is 21.6. The molecule has 0 aromatic heterocycles. The molecular formula is C40H50O4SSi. The van der Waals surface area contributed by atoms with E-state index >= 15 is 0 Å². The van der Waals surface area contributed by atoms with Gasteiger partial charge in [-0.05, 0) is 64.2 Å². The Morgan fingerprint density at radius 1 is 0.848 bits per heavy atom. The molecule has 0 N–H and O–H groups in total. The Bertz CT molecular complexity index is 1460. The van der Waals surface area contributed by atoms with Gasteiger partial charge in [-0.15, -0.1) is 11.8 Å². The molecular weight excluding hydrogens is 605 g/mol. The van der Waals surface area contributed by atoms with E-state index in [4.69, 9.17) is 13.9 Å². The lowest BCUT2D eigenvalue weighted by atomic mass is 9.76. The highest BCUT2D eigenvalue weighted by molar-refractivity contribution is 8.01. The molecule has 46 heavy (non-hydrogen) atoms. The molecule has 6 heteroatoms. The van der Waals surface area contributed by atoms with E-state index in [0.717, 1.165) is 25.9 Å². The minimum Gasteiger partial charge on any atom is -0.469 e. The molecule has 0 fully saturated rings. The van der Waals surface area contributed by atoms with Gasteiger partial charge < -0.3 is 13.9 Å². The second-order valence-corrected chi connectivity index (χ2v) is 19.4. The van der Waals surface area contributed by atoms with Crippen molar-refractivity contribution in [3.8, 4) is 0 Å². The van der Waals surface area contributed by atoms with Gasteiger partial charge in [-0.2, -0.15) is 0 Å². The third-order valence-corrected chi connectivity index (χ3v) is 16.4. The van der Waals surface area contributed by atoms with Gasteiger partial charge in [0.2, 0.25) is 0 Å². The van der Waals surface area contributed by atoms with Crippen molar-refractivity contribution in [3.05, 3.63) is 119 Å². The van der Waals surface area contributed by atoms with Gasteiger partial charge >= 0.3 is 5.97 Å². The van der Waals surface area contributed by atoms with Crippen molar-refractivity contribution in [1.29, 1.82) is 0 Å². The number of rotatable bonds is 13.